The predicted octanol–water partition coefficient (Wildman–Crippen LogP) is 2.09. The van der Waals surface area contributed by atoms with Crippen LogP contribution in [0.5, 0.6) is 5.75 Å². The Hall–Kier alpha value is -1.55. The van der Waals surface area contributed by atoms with Crippen molar-refractivity contribution in [3.63, 3.8) is 0 Å². The molecule has 1 saturated heterocycles. The Balaban J connectivity index is 1.75. The average molecular weight is 259 g/mol. The molecule has 4 nitrogen and oxygen atoms in total. The maximum atomic E-state index is 5.71. The number of hydrogen-bond donors (Lipinski definition) is 2. The molecule has 2 heterocycles. The molecule has 1 aromatic rings. The van der Waals surface area contributed by atoms with E-state index in [1.807, 2.05) is 6.07 Å². The summed E-state index contributed by atoms with van der Waals surface area (Å²) in [4.78, 5) is 0. The lowest BCUT2D eigenvalue weighted by Crippen LogP contribution is -2.38. The highest BCUT2D eigenvalue weighted by molar-refractivity contribution is 5.89. The van der Waals surface area contributed by atoms with Gasteiger partial charge in [0.25, 0.3) is 0 Å². The van der Waals surface area contributed by atoms with E-state index in [2.05, 4.69) is 41.0 Å². The smallest absolute Gasteiger partial charge is 0.119 e. The summed E-state index contributed by atoms with van der Waals surface area (Å²) in [5.41, 5.74) is 5.86. The largest absolute Gasteiger partial charge is 0.494 e. The minimum atomic E-state index is 0.285. The molecule has 1 fully saturated rings. The zero-order valence-corrected chi connectivity index (χ0v) is 11.4. The summed E-state index contributed by atoms with van der Waals surface area (Å²) >= 11 is 0. The van der Waals surface area contributed by atoms with Crippen LogP contribution in [0.3, 0.4) is 0 Å². The van der Waals surface area contributed by atoms with Crippen molar-refractivity contribution >= 4 is 5.71 Å². The van der Waals surface area contributed by atoms with Gasteiger partial charge in [0.2, 0.25) is 0 Å². The highest BCUT2D eigenvalue weighted by Gasteiger charge is 2.34. The number of benzene rings is 1. The van der Waals surface area contributed by atoms with Crippen molar-refractivity contribution in [1.29, 1.82) is 0 Å². The van der Waals surface area contributed by atoms with E-state index in [9.17, 15) is 0 Å². The zero-order valence-electron chi connectivity index (χ0n) is 11.4. The summed E-state index contributed by atoms with van der Waals surface area (Å²) in [6.07, 6.45) is 2.09. The van der Waals surface area contributed by atoms with Gasteiger partial charge in [-0.05, 0) is 24.1 Å². The molecule has 2 aliphatic rings. The van der Waals surface area contributed by atoms with E-state index in [4.69, 9.17) is 4.74 Å². The predicted molar refractivity (Wildman–Crippen MR) is 76.5 cm³/mol. The van der Waals surface area contributed by atoms with Crippen LogP contribution in [0, 0.1) is 5.92 Å². The van der Waals surface area contributed by atoms with Crippen molar-refractivity contribution in [3.8, 4) is 5.75 Å². The number of ether oxygens (including phenoxy) is 1. The second kappa shape index (κ2) is 5.61. The third kappa shape index (κ3) is 2.59. The van der Waals surface area contributed by atoms with Gasteiger partial charge in [-0.25, -0.2) is 0 Å². The van der Waals surface area contributed by atoms with Crippen LogP contribution in [0.25, 0.3) is 0 Å². The third-order valence-corrected chi connectivity index (χ3v) is 3.79. The standard InChI is InChI=1S/C15H21N3O/c1-2-8-19-12-5-3-4-11(9-12)15-13-10-16-7-6-14(13)17-18-15/h3-5,9,13,15-16,18H,2,6-8,10H2,1H3. The molecular weight excluding hydrogens is 238 g/mol. The molecule has 0 amide bonds. The fourth-order valence-electron chi connectivity index (χ4n) is 2.79. The van der Waals surface area contributed by atoms with Crippen LogP contribution in [0.4, 0.5) is 0 Å². The van der Waals surface area contributed by atoms with Crippen LogP contribution >= 0.6 is 0 Å². The lowest BCUT2D eigenvalue weighted by molar-refractivity contribution is 0.316. The van der Waals surface area contributed by atoms with E-state index in [0.29, 0.717) is 5.92 Å². The molecule has 0 aromatic heterocycles. The van der Waals surface area contributed by atoms with E-state index in [-0.39, 0.29) is 6.04 Å². The van der Waals surface area contributed by atoms with Gasteiger partial charge < -0.3 is 15.5 Å². The molecule has 0 radical (unpaired) electrons. The Morgan fingerprint density at radius 1 is 1.42 bits per heavy atom. The Morgan fingerprint density at radius 2 is 2.37 bits per heavy atom. The van der Waals surface area contributed by atoms with E-state index >= 15 is 0 Å². The molecule has 0 saturated carbocycles. The number of hydrazone groups is 1. The van der Waals surface area contributed by atoms with Crippen molar-refractivity contribution in [2.24, 2.45) is 11.0 Å². The maximum absolute atomic E-state index is 5.71. The first-order valence-electron chi connectivity index (χ1n) is 7.14. The van der Waals surface area contributed by atoms with Gasteiger partial charge in [-0.1, -0.05) is 19.1 Å². The van der Waals surface area contributed by atoms with Crippen LogP contribution in [-0.2, 0) is 0 Å². The zero-order chi connectivity index (χ0) is 13.1. The quantitative estimate of drug-likeness (QED) is 0.870. The molecule has 4 heteroatoms. The Labute approximate surface area is 114 Å². The maximum Gasteiger partial charge on any atom is 0.119 e. The highest BCUT2D eigenvalue weighted by atomic mass is 16.5. The first-order chi connectivity index (χ1) is 9.38. The fourth-order valence-corrected chi connectivity index (χ4v) is 2.79. The van der Waals surface area contributed by atoms with Gasteiger partial charge in [-0.2, -0.15) is 5.10 Å². The molecule has 2 atom stereocenters. The average Bonchev–Trinajstić information content (AvgIpc) is 2.89. The molecule has 3 rings (SSSR count). The number of rotatable bonds is 4. The highest BCUT2D eigenvalue weighted by Crippen LogP contribution is 2.31. The van der Waals surface area contributed by atoms with Crippen molar-refractivity contribution in [2.45, 2.75) is 25.8 Å². The normalized spacial score (nSPS) is 25.4. The van der Waals surface area contributed by atoms with Crippen LogP contribution in [0.1, 0.15) is 31.4 Å². The summed E-state index contributed by atoms with van der Waals surface area (Å²) in [6, 6.07) is 8.67. The molecule has 0 bridgehead atoms. The lowest BCUT2D eigenvalue weighted by Gasteiger charge is -2.25. The van der Waals surface area contributed by atoms with Gasteiger partial charge in [0, 0.05) is 31.1 Å². The van der Waals surface area contributed by atoms with Crippen molar-refractivity contribution in [2.75, 3.05) is 19.7 Å². The SMILES string of the molecule is CCCOc1cccc(C2NN=C3CCNCC32)c1. The van der Waals surface area contributed by atoms with Gasteiger partial charge in [-0.3, -0.25) is 0 Å². The van der Waals surface area contributed by atoms with E-state index in [1.165, 1.54) is 11.3 Å². The van der Waals surface area contributed by atoms with Gasteiger partial charge in [0.05, 0.1) is 12.6 Å². The van der Waals surface area contributed by atoms with Gasteiger partial charge in [0.15, 0.2) is 0 Å². The molecule has 2 unspecified atom stereocenters. The minimum absolute atomic E-state index is 0.285. The Morgan fingerprint density at radius 3 is 3.26 bits per heavy atom. The van der Waals surface area contributed by atoms with Crippen LogP contribution in [-0.4, -0.2) is 25.4 Å². The fraction of sp³-hybridized carbons (Fsp3) is 0.533. The van der Waals surface area contributed by atoms with Crippen molar-refractivity contribution in [1.82, 2.24) is 10.7 Å². The third-order valence-electron chi connectivity index (χ3n) is 3.79. The summed E-state index contributed by atoms with van der Waals surface area (Å²) < 4.78 is 5.71. The second-order valence-corrected chi connectivity index (χ2v) is 5.19. The molecule has 0 spiro atoms. The Bertz CT molecular complexity index is 472. The van der Waals surface area contributed by atoms with E-state index in [0.717, 1.165) is 38.3 Å². The molecule has 102 valence electrons. The molecule has 2 aliphatic heterocycles. The first kappa shape index (κ1) is 12.5. The van der Waals surface area contributed by atoms with E-state index in [1.54, 1.807) is 0 Å². The van der Waals surface area contributed by atoms with Crippen LogP contribution < -0.4 is 15.5 Å². The molecular formula is C15H21N3O. The number of nitrogens with zero attached hydrogens (tertiary/aromatic N) is 1. The number of piperidine rings is 1. The van der Waals surface area contributed by atoms with Crippen LogP contribution in [0.2, 0.25) is 0 Å². The Kier molecular flexibility index (Phi) is 3.69. The van der Waals surface area contributed by atoms with Crippen LogP contribution in [0.15, 0.2) is 29.4 Å². The van der Waals surface area contributed by atoms with E-state index < -0.39 is 0 Å². The number of fused-ring (bicyclic) bond motifs is 1. The number of hydrogen-bond acceptors (Lipinski definition) is 4. The lowest BCUT2D eigenvalue weighted by atomic mass is 9.87. The van der Waals surface area contributed by atoms with Crippen molar-refractivity contribution in [3.05, 3.63) is 29.8 Å². The molecule has 2 N–H and O–H groups in total. The summed E-state index contributed by atoms with van der Waals surface area (Å²) in [7, 11) is 0. The van der Waals surface area contributed by atoms with Gasteiger partial charge in [0.1, 0.15) is 5.75 Å². The molecule has 0 aliphatic carbocycles. The van der Waals surface area contributed by atoms with Crippen molar-refractivity contribution < 1.29 is 4.74 Å². The van der Waals surface area contributed by atoms with Gasteiger partial charge in [-0.15, -0.1) is 0 Å². The summed E-state index contributed by atoms with van der Waals surface area (Å²) in [5.74, 6) is 1.44. The second-order valence-electron chi connectivity index (χ2n) is 5.19. The van der Waals surface area contributed by atoms with Gasteiger partial charge >= 0.3 is 0 Å². The summed E-state index contributed by atoms with van der Waals surface area (Å²) in [5, 5.41) is 7.95. The molecule has 1 aromatic carbocycles. The minimum Gasteiger partial charge on any atom is -0.494 e. The molecule has 19 heavy (non-hydrogen) atoms. The topological polar surface area (TPSA) is 45.6 Å². The first-order valence-corrected chi connectivity index (χ1v) is 7.14. The monoisotopic (exact) mass is 259 g/mol. The number of nitrogens with one attached hydrogen (secondary N) is 2. The summed E-state index contributed by atoms with van der Waals surface area (Å²) in [6.45, 7) is 4.95.